The highest BCUT2D eigenvalue weighted by molar-refractivity contribution is 6.43. The lowest BCUT2D eigenvalue weighted by molar-refractivity contribution is 0.187. The van der Waals surface area contributed by atoms with Crippen LogP contribution in [-0.4, -0.2) is 32.6 Å². The van der Waals surface area contributed by atoms with Gasteiger partial charge in [-0.2, -0.15) is 4.98 Å². The number of anilines is 1. The molecule has 2 aromatic carbocycles. The summed E-state index contributed by atoms with van der Waals surface area (Å²) in [6.07, 6.45) is 4.98. The van der Waals surface area contributed by atoms with Crippen LogP contribution in [0.25, 0.3) is 22.6 Å². The number of aromatic nitrogens is 4. The van der Waals surface area contributed by atoms with E-state index in [1.165, 1.54) is 11.1 Å². The minimum absolute atomic E-state index is 0.0935. The maximum Gasteiger partial charge on any atom is 0.227 e. The van der Waals surface area contributed by atoms with E-state index in [0.29, 0.717) is 21.6 Å². The van der Waals surface area contributed by atoms with Gasteiger partial charge in [-0.15, -0.1) is 0 Å². The zero-order valence-corrected chi connectivity index (χ0v) is 21.4. The SMILES string of the molecule is CC(C)n1c(-c2cccc(Cl)c2Cl)nc2nc(N3CCC4(CC3)Cc3ccccc3[C@H]4N)ncc21. The number of nitrogens with zero attached hydrogens (tertiary/aromatic N) is 5. The second-order valence-corrected chi connectivity index (χ2v) is 10.9. The minimum atomic E-state index is 0.0935. The number of halogens is 2. The van der Waals surface area contributed by atoms with Crippen LogP contribution >= 0.6 is 23.2 Å². The van der Waals surface area contributed by atoms with Gasteiger partial charge in [-0.3, -0.25) is 0 Å². The van der Waals surface area contributed by atoms with Gasteiger partial charge in [0.05, 0.1) is 16.2 Å². The van der Waals surface area contributed by atoms with Gasteiger partial charge in [0.15, 0.2) is 5.65 Å². The number of piperidine rings is 1. The predicted octanol–water partition coefficient (Wildman–Crippen LogP) is 6.22. The summed E-state index contributed by atoms with van der Waals surface area (Å²) in [5.41, 5.74) is 11.9. The Morgan fingerprint density at radius 3 is 2.54 bits per heavy atom. The number of rotatable bonds is 3. The van der Waals surface area contributed by atoms with E-state index in [-0.39, 0.29) is 17.5 Å². The van der Waals surface area contributed by atoms with Crippen LogP contribution in [0.15, 0.2) is 48.7 Å². The quantitative estimate of drug-likeness (QED) is 0.356. The van der Waals surface area contributed by atoms with Crippen molar-refractivity contribution >= 4 is 40.3 Å². The summed E-state index contributed by atoms with van der Waals surface area (Å²) in [7, 11) is 0. The van der Waals surface area contributed by atoms with Gasteiger partial charge in [0.25, 0.3) is 0 Å². The van der Waals surface area contributed by atoms with Crippen LogP contribution in [0.4, 0.5) is 5.95 Å². The van der Waals surface area contributed by atoms with E-state index in [4.69, 9.17) is 43.9 Å². The fraction of sp³-hybridized carbons (Fsp3) is 0.370. The molecular weight excluding hydrogens is 479 g/mol. The minimum Gasteiger partial charge on any atom is -0.341 e. The van der Waals surface area contributed by atoms with Gasteiger partial charge >= 0.3 is 0 Å². The van der Waals surface area contributed by atoms with Crippen molar-refractivity contribution < 1.29 is 0 Å². The summed E-state index contributed by atoms with van der Waals surface area (Å²) < 4.78 is 2.12. The van der Waals surface area contributed by atoms with Crippen LogP contribution < -0.4 is 10.6 Å². The van der Waals surface area contributed by atoms with Crippen molar-refractivity contribution in [2.45, 2.75) is 45.2 Å². The van der Waals surface area contributed by atoms with E-state index >= 15 is 0 Å². The molecule has 180 valence electrons. The molecule has 0 bridgehead atoms. The van der Waals surface area contributed by atoms with Crippen molar-refractivity contribution in [1.82, 2.24) is 19.5 Å². The highest BCUT2D eigenvalue weighted by Crippen LogP contribution is 2.50. The van der Waals surface area contributed by atoms with Crippen LogP contribution in [0.3, 0.4) is 0 Å². The van der Waals surface area contributed by atoms with Gasteiger partial charge in [0.1, 0.15) is 11.3 Å². The summed E-state index contributed by atoms with van der Waals surface area (Å²) in [6, 6.07) is 14.5. The van der Waals surface area contributed by atoms with Crippen molar-refractivity contribution in [2.75, 3.05) is 18.0 Å². The van der Waals surface area contributed by atoms with Gasteiger partial charge in [0, 0.05) is 30.7 Å². The summed E-state index contributed by atoms with van der Waals surface area (Å²) >= 11 is 12.8. The van der Waals surface area contributed by atoms with Crippen LogP contribution in [-0.2, 0) is 6.42 Å². The Balaban J connectivity index is 1.31. The molecule has 2 N–H and O–H groups in total. The first-order chi connectivity index (χ1) is 16.9. The zero-order chi connectivity index (χ0) is 24.3. The van der Waals surface area contributed by atoms with Crippen molar-refractivity contribution in [2.24, 2.45) is 11.1 Å². The molecular formula is C27H28Cl2N6. The third kappa shape index (κ3) is 3.62. The largest absolute Gasteiger partial charge is 0.341 e. The molecule has 0 amide bonds. The van der Waals surface area contributed by atoms with Gasteiger partial charge in [0.2, 0.25) is 5.95 Å². The van der Waals surface area contributed by atoms with Crippen molar-refractivity contribution in [3.05, 3.63) is 69.8 Å². The molecule has 0 saturated carbocycles. The highest BCUT2D eigenvalue weighted by Gasteiger charge is 2.46. The lowest BCUT2D eigenvalue weighted by Crippen LogP contribution is -2.44. The van der Waals surface area contributed by atoms with E-state index in [1.807, 2.05) is 18.3 Å². The zero-order valence-electron chi connectivity index (χ0n) is 19.9. The third-order valence-electron chi connectivity index (χ3n) is 7.78. The molecule has 1 atom stereocenters. The monoisotopic (exact) mass is 506 g/mol. The Labute approximate surface area is 215 Å². The topological polar surface area (TPSA) is 72.9 Å². The number of benzene rings is 2. The molecule has 1 aliphatic carbocycles. The van der Waals surface area contributed by atoms with Crippen molar-refractivity contribution in [3.8, 4) is 11.4 Å². The Morgan fingerprint density at radius 2 is 1.80 bits per heavy atom. The second kappa shape index (κ2) is 8.47. The van der Waals surface area contributed by atoms with Crippen LogP contribution in [0.1, 0.15) is 49.9 Å². The van der Waals surface area contributed by atoms with Crippen LogP contribution in [0.2, 0.25) is 10.0 Å². The van der Waals surface area contributed by atoms with Crippen LogP contribution in [0.5, 0.6) is 0 Å². The predicted molar refractivity (Wildman–Crippen MR) is 142 cm³/mol. The molecule has 3 heterocycles. The van der Waals surface area contributed by atoms with E-state index in [1.54, 1.807) is 6.07 Å². The maximum atomic E-state index is 6.76. The lowest BCUT2D eigenvalue weighted by Gasteiger charge is -2.42. The molecule has 0 unspecified atom stereocenters. The van der Waals surface area contributed by atoms with E-state index in [9.17, 15) is 0 Å². The molecule has 0 radical (unpaired) electrons. The Bertz CT molecular complexity index is 1420. The Kier molecular flexibility index (Phi) is 5.51. The Morgan fingerprint density at radius 1 is 1.03 bits per heavy atom. The van der Waals surface area contributed by atoms with E-state index in [2.05, 4.69) is 47.6 Å². The number of nitrogens with two attached hydrogens (primary N) is 1. The third-order valence-corrected chi connectivity index (χ3v) is 8.60. The van der Waals surface area contributed by atoms with Gasteiger partial charge in [-0.25, -0.2) is 9.97 Å². The molecule has 1 fully saturated rings. The molecule has 1 aliphatic heterocycles. The Hall–Kier alpha value is -2.67. The fourth-order valence-electron chi connectivity index (χ4n) is 5.88. The molecule has 1 saturated heterocycles. The first-order valence-corrected chi connectivity index (χ1v) is 12.9. The van der Waals surface area contributed by atoms with Crippen LogP contribution in [0, 0.1) is 5.41 Å². The average Bonchev–Trinajstić information content (AvgIpc) is 3.37. The normalized spacial score (nSPS) is 19.1. The first kappa shape index (κ1) is 22.8. The van der Waals surface area contributed by atoms with Gasteiger partial charge < -0.3 is 15.2 Å². The number of hydrogen-bond donors (Lipinski definition) is 1. The second-order valence-electron chi connectivity index (χ2n) is 10.1. The number of hydrogen-bond acceptors (Lipinski definition) is 5. The molecule has 2 aliphatic rings. The number of fused-ring (bicyclic) bond motifs is 2. The fourth-order valence-corrected chi connectivity index (χ4v) is 6.26. The highest BCUT2D eigenvalue weighted by atomic mass is 35.5. The molecule has 2 aromatic heterocycles. The van der Waals surface area contributed by atoms with Crippen molar-refractivity contribution in [3.63, 3.8) is 0 Å². The molecule has 1 spiro atoms. The van der Waals surface area contributed by atoms with Gasteiger partial charge in [-0.1, -0.05) is 53.5 Å². The summed E-state index contributed by atoms with van der Waals surface area (Å²) in [4.78, 5) is 16.8. The van der Waals surface area contributed by atoms with Crippen molar-refractivity contribution in [1.29, 1.82) is 0 Å². The molecule has 8 heteroatoms. The average molecular weight is 507 g/mol. The molecule has 6 rings (SSSR count). The molecule has 4 aromatic rings. The molecule has 35 heavy (non-hydrogen) atoms. The van der Waals surface area contributed by atoms with E-state index in [0.717, 1.165) is 49.3 Å². The summed E-state index contributed by atoms with van der Waals surface area (Å²) in [6.45, 7) is 5.99. The standard InChI is InChI=1S/C27H28Cl2N6/c1-16(2)35-21-15-31-26(33-24(21)32-25(35)19-8-5-9-20(28)22(19)29)34-12-10-27(11-13-34)14-17-6-3-4-7-18(17)23(27)30/h3-9,15-16,23H,10-14,30H2,1-2H3/t23-/m1/s1. The smallest absolute Gasteiger partial charge is 0.227 e. The van der Waals surface area contributed by atoms with Gasteiger partial charge in [-0.05, 0) is 61.8 Å². The lowest BCUT2D eigenvalue weighted by atomic mass is 9.73. The summed E-state index contributed by atoms with van der Waals surface area (Å²) in [5.74, 6) is 1.47. The molecule has 6 nitrogen and oxygen atoms in total. The number of imidazole rings is 1. The summed E-state index contributed by atoms with van der Waals surface area (Å²) in [5, 5.41) is 1.00. The first-order valence-electron chi connectivity index (χ1n) is 12.2. The van der Waals surface area contributed by atoms with E-state index < -0.39 is 0 Å². The maximum absolute atomic E-state index is 6.76.